The smallest absolute Gasteiger partial charge is 0.220 e. The zero-order valence-corrected chi connectivity index (χ0v) is 33.6. The lowest BCUT2D eigenvalue weighted by atomic mass is 9.99. The van der Waals surface area contributed by atoms with Crippen LogP contribution in [0.5, 0.6) is 0 Å². The molecule has 0 bridgehead atoms. The van der Waals surface area contributed by atoms with E-state index < -0.39 is 49.5 Å². The van der Waals surface area contributed by atoms with Crippen molar-refractivity contribution in [2.75, 3.05) is 13.2 Å². The minimum absolute atomic E-state index is 0.146. The zero-order valence-electron chi connectivity index (χ0n) is 33.6. The normalized spacial score (nSPS) is 21.9. The Bertz CT molecular complexity index is 827. The molecule has 9 nitrogen and oxygen atoms in total. The van der Waals surface area contributed by atoms with Crippen molar-refractivity contribution in [1.29, 1.82) is 0 Å². The molecular formula is C43H83NO8. The van der Waals surface area contributed by atoms with E-state index in [0.717, 1.165) is 44.9 Å². The summed E-state index contributed by atoms with van der Waals surface area (Å²) in [6.45, 7) is 3.80. The van der Waals surface area contributed by atoms with E-state index in [0.29, 0.717) is 12.8 Å². The molecule has 1 aliphatic heterocycles. The van der Waals surface area contributed by atoms with Gasteiger partial charge in [-0.2, -0.15) is 0 Å². The molecule has 1 amide bonds. The molecule has 1 rings (SSSR count). The van der Waals surface area contributed by atoms with Crippen molar-refractivity contribution >= 4 is 5.91 Å². The fraction of sp³-hybridized carbons (Fsp3) is 0.930. The van der Waals surface area contributed by atoms with Crippen LogP contribution >= 0.6 is 0 Å². The SMILES string of the molecule is CCCCCCCC/C=C/CCCC[C@@H](O)[C@H](CO[C@H]1O[C@@H](CO)[C@H](O)C(O)C1O)NC(=O)CCCCCCCCCCCCCCCCCCC. The molecule has 6 N–H and O–H groups in total. The van der Waals surface area contributed by atoms with Crippen LogP contribution in [-0.4, -0.2) is 87.5 Å². The molecule has 1 heterocycles. The number of allylic oxidation sites excluding steroid dienone is 2. The van der Waals surface area contributed by atoms with Crippen LogP contribution in [0.25, 0.3) is 0 Å². The van der Waals surface area contributed by atoms with Crippen molar-refractivity contribution in [3.05, 3.63) is 12.2 Å². The predicted molar refractivity (Wildman–Crippen MR) is 212 cm³/mol. The summed E-state index contributed by atoms with van der Waals surface area (Å²) in [5.41, 5.74) is 0. The van der Waals surface area contributed by atoms with Gasteiger partial charge in [-0.3, -0.25) is 4.79 Å². The van der Waals surface area contributed by atoms with Crippen LogP contribution in [0.2, 0.25) is 0 Å². The quantitative estimate of drug-likeness (QED) is 0.0277. The van der Waals surface area contributed by atoms with Crippen molar-refractivity contribution in [3.63, 3.8) is 0 Å². The molecule has 0 aromatic rings. The Morgan fingerprint density at radius 1 is 0.635 bits per heavy atom. The first kappa shape index (κ1) is 48.9. The number of unbranched alkanes of at least 4 members (excludes halogenated alkanes) is 24. The van der Waals surface area contributed by atoms with Gasteiger partial charge in [0.2, 0.25) is 5.91 Å². The molecule has 0 aromatic heterocycles. The van der Waals surface area contributed by atoms with Crippen LogP contribution in [0.3, 0.4) is 0 Å². The first-order valence-corrected chi connectivity index (χ1v) is 21.9. The van der Waals surface area contributed by atoms with Gasteiger partial charge >= 0.3 is 0 Å². The highest BCUT2D eigenvalue weighted by atomic mass is 16.7. The number of ether oxygens (including phenoxy) is 2. The van der Waals surface area contributed by atoms with E-state index in [1.807, 2.05) is 0 Å². The first-order chi connectivity index (χ1) is 25.3. The average Bonchev–Trinajstić information content (AvgIpc) is 3.14. The van der Waals surface area contributed by atoms with Crippen molar-refractivity contribution in [2.45, 2.75) is 243 Å². The standard InChI is InChI=1S/C43H83NO8/c1-3-5-7-9-11-13-15-17-18-19-20-21-23-25-27-29-31-33-39(47)44-36(35-51-43-42(50)41(49)40(48)38(34-45)52-43)37(46)32-30-28-26-24-22-16-14-12-10-8-6-4-2/h22,24,36-38,40-43,45-46,48-50H,3-21,23,25-35H2,1-2H3,(H,44,47)/b24-22+/t36-,37+,38-,40-,41?,42?,43-/m0/s1. The Kier molecular flexibility index (Phi) is 32.4. The minimum atomic E-state index is -1.55. The maximum absolute atomic E-state index is 12.9. The molecule has 0 spiro atoms. The van der Waals surface area contributed by atoms with Gasteiger partial charge in [-0.25, -0.2) is 0 Å². The van der Waals surface area contributed by atoms with Crippen LogP contribution in [0.1, 0.15) is 200 Å². The van der Waals surface area contributed by atoms with E-state index in [9.17, 15) is 30.3 Å². The largest absolute Gasteiger partial charge is 0.394 e. The van der Waals surface area contributed by atoms with Gasteiger partial charge in [-0.1, -0.05) is 167 Å². The molecule has 1 fully saturated rings. The molecule has 0 saturated carbocycles. The van der Waals surface area contributed by atoms with Crippen LogP contribution in [0.4, 0.5) is 0 Å². The molecule has 0 aromatic carbocycles. The molecule has 1 saturated heterocycles. The van der Waals surface area contributed by atoms with Crippen LogP contribution in [0.15, 0.2) is 12.2 Å². The van der Waals surface area contributed by atoms with E-state index in [1.165, 1.54) is 128 Å². The van der Waals surface area contributed by atoms with E-state index in [-0.39, 0.29) is 12.5 Å². The molecule has 7 atom stereocenters. The number of carbonyl (C=O) groups is 1. The minimum Gasteiger partial charge on any atom is -0.394 e. The summed E-state index contributed by atoms with van der Waals surface area (Å²) in [6, 6.07) is -0.728. The Morgan fingerprint density at radius 3 is 1.56 bits per heavy atom. The number of carbonyl (C=O) groups excluding carboxylic acids is 1. The summed E-state index contributed by atoms with van der Waals surface area (Å²) >= 11 is 0. The second-order valence-electron chi connectivity index (χ2n) is 15.5. The van der Waals surface area contributed by atoms with Crippen molar-refractivity contribution in [1.82, 2.24) is 5.32 Å². The summed E-state index contributed by atoms with van der Waals surface area (Å²) in [5, 5.41) is 54.2. The Balaban J connectivity index is 2.34. The fourth-order valence-electron chi connectivity index (χ4n) is 7.04. The molecule has 0 aliphatic carbocycles. The topological polar surface area (TPSA) is 149 Å². The maximum Gasteiger partial charge on any atom is 0.220 e. The van der Waals surface area contributed by atoms with Crippen LogP contribution in [0, 0.1) is 0 Å². The molecule has 2 unspecified atom stereocenters. The molecule has 1 aliphatic rings. The summed E-state index contributed by atoms with van der Waals surface area (Å²) < 4.78 is 11.2. The number of amides is 1. The second kappa shape index (κ2) is 34.4. The highest BCUT2D eigenvalue weighted by molar-refractivity contribution is 5.76. The molecular weight excluding hydrogens is 658 g/mol. The van der Waals surface area contributed by atoms with Crippen LogP contribution < -0.4 is 5.32 Å². The summed E-state index contributed by atoms with van der Waals surface area (Å²) in [7, 11) is 0. The number of aliphatic hydroxyl groups is 5. The van der Waals surface area contributed by atoms with Gasteiger partial charge < -0.3 is 40.3 Å². The van der Waals surface area contributed by atoms with Crippen LogP contribution in [-0.2, 0) is 14.3 Å². The lowest BCUT2D eigenvalue weighted by Gasteiger charge is -2.40. The van der Waals surface area contributed by atoms with Gasteiger partial charge in [0.25, 0.3) is 0 Å². The number of aliphatic hydroxyl groups excluding tert-OH is 5. The number of nitrogens with one attached hydrogen (secondary N) is 1. The molecule has 308 valence electrons. The van der Waals surface area contributed by atoms with Gasteiger partial charge in [0.05, 0.1) is 25.4 Å². The third kappa shape index (κ3) is 25.1. The highest BCUT2D eigenvalue weighted by Crippen LogP contribution is 2.23. The lowest BCUT2D eigenvalue weighted by molar-refractivity contribution is -0.302. The van der Waals surface area contributed by atoms with E-state index >= 15 is 0 Å². The van der Waals surface area contributed by atoms with Crippen molar-refractivity contribution < 1.29 is 39.8 Å². The number of hydrogen-bond donors (Lipinski definition) is 6. The van der Waals surface area contributed by atoms with Gasteiger partial charge in [-0.05, 0) is 38.5 Å². The molecule has 52 heavy (non-hydrogen) atoms. The molecule has 0 radical (unpaired) electrons. The van der Waals surface area contributed by atoms with E-state index in [1.54, 1.807) is 0 Å². The fourth-order valence-corrected chi connectivity index (χ4v) is 7.04. The molecule has 9 heteroatoms. The highest BCUT2D eigenvalue weighted by Gasteiger charge is 2.44. The Hall–Kier alpha value is -1.07. The van der Waals surface area contributed by atoms with Crippen molar-refractivity contribution in [2.24, 2.45) is 0 Å². The van der Waals surface area contributed by atoms with Gasteiger partial charge in [0.1, 0.15) is 24.4 Å². The summed E-state index contributed by atoms with van der Waals surface area (Å²) in [4.78, 5) is 12.9. The lowest BCUT2D eigenvalue weighted by Crippen LogP contribution is -2.60. The Labute approximate surface area is 318 Å². The first-order valence-electron chi connectivity index (χ1n) is 21.9. The van der Waals surface area contributed by atoms with Gasteiger partial charge in [0.15, 0.2) is 6.29 Å². The summed E-state index contributed by atoms with van der Waals surface area (Å²) in [5.74, 6) is -0.153. The van der Waals surface area contributed by atoms with Gasteiger partial charge in [0, 0.05) is 6.42 Å². The van der Waals surface area contributed by atoms with E-state index in [2.05, 4.69) is 31.3 Å². The van der Waals surface area contributed by atoms with Crippen molar-refractivity contribution in [3.8, 4) is 0 Å². The summed E-state index contributed by atoms with van der Waals surface area (Å²) in [6.07, 6.45) is 30.8. The monoisotopic (exact) mass is 742 g/mol. The average molecular weight is 742 g/mol. The third-order valence-corrected chi connectivity index (χ3v) is 10.6. The maximum atomic E-state index is 12.9. The predicted octanol–water partition coefficient (Wildman–Crippen LogP) is 8.56. The van der Waals surface area contributed by atoms with Gasteiger partial charge in [-0.15, -0.1) is 0 Å². The third-order valence-electron chi connectivity index (χ3n) is 10.6. The second-order valence-corrected chi connectivity index (χ2v) is 15.5. The number of hydrogen-bond acceptors (Lipinski definition) is 8. The van der Waals surface area contributed by atoms with E-state index in [4.69, 9.17) is 9.47 Å². The number of rotatable bonds is 36. The Morgan fingerprint density at radius 2 is 1.08 bits per heavy atom. The zero-order chi connectivity index (χ0) is 38.1.